The first kappa shape index (κ1) is 30.6. The minimum absolute atomic E-state index is 0.0347. The number of amides is 4. The largest absolute Gasteiger partial charge is 0.480 e. The number of hydrogen-bond donors (Lipinski definition) is 8. The molecule has 1 aromatic heterocycles. The van der Waals surface area contributed by atoms with Gasteiger partial charge in [0.15, 0.2) is 0 Å². The molecule has 0 aliphatic heterocycles. The Morgan fingerprint density at radius 2 is 1.58 bits per heavy atom. The molecule has 4 unspecified atom stereocenters. The quantitative estimate of drug-likeness (QED) is 0.122. The molecule has 0 saturated heterocycles. The number of rotatable bonds is 16. The average Bonchev–Trinajstić information content (AvgIpc) is 3.30. The third-order valence-electron chi connectivity index (χ3n) is 5.80. The van der Waals surface area contributed by atoms with Crippen LogP contribution >= 0.6 is 11.8 Å². The fraction of sp³-hybridized carbons (Fsp3) is 0.458. The van der Waals surface area contributed by atoms with Crippen molar-refractivity contribution in [1.29, 1.82) is 0 Å². The summed E-state index contributed by atoms with van der Waals surface area (Å²) in [6, 6.07) is 2.34. The third kappa shape index (κ3) is 9.04. The van der Waals surface area contributed by atoms with Crippen molar-refractivity contribution < 1.29 is 34.2 Å². The normalized spacial score (nSPS) is 14.2. The zero-order chi connectivity index (χ0) is 28.2. The van der Waals surface area contributed by atoms with Crippen LogP contribution in [0.3, 0.4) is 0 Å². The number of carbonyl (C=O) groups is 5. The van der Waals surface area contributed by atoms with Gasteiger partial charge in [0.25, 0.3) is 0 Å². The molecule has 2 aromatic rings. The molecule has 13 nitrogen and oxygen atoms in total. The Hall–Kier alpha value is -3.62. The maximum atomic E-state index is 13.1. The zero-order valence-corrected chi connectivity index (χ0v) is 21.8. The summed E-state index contributed by atoms with van der Waals surface area (Å²) in [6.07, 6.45) is 3.18. The second-order valence-electron chi connectivity index (χ2n) is 8.66. The van der Waals surface area contributed by atoms with Gasteiger partial charge in [-0.1, -0.05) is 18.2 Å². The van der Waals surface area contributed by atoms with Crippen LogP contribution in [0.5, 0.6) is 0 Å². The number of aliphatic hydroxyl groups is 1. The van der Waals surface area contributed by atoms with Gasteiger partial charge < -0.3 is 42.6 Å². The summed E-state index contributed by atoms with van der Waals surface area (Å²) in [7, 11) is 0. The number of primary amides is 1. The van der Waals surface area contributed by atoms with E-state index in [9.17, 15) is 29.1 Å². The van der Waals surface area contributed by atoms with Gasteiger partial charge in [-0.05, 0) is 36.5 Å². The van der Waals surface area contributed by atoms with Crippen molar-refractivity contribution in [2.75, 3.05) is 18.6 Å². The smallest absolute Gasteiger partial charge is 0.326 e. The van der Waals surface area contributed by atoms with Crippen molar-refractivity contribution in [1.82, 2.24) is 20.9 Å². The number of aromatic amines is 1. The van der Waals surface area contributed by atoms with Crippen LogP contribution in [-0.4, -0.2) is 87.6 Å². The molecule has 4 atom stereocenters. The highest BCUT2D eigenvalue weighted by Gasteiger charge is 2.30. The van der Waals surface area contributed by atoms with Crippen LogP contribution in [0.2, 0.25) is 0 Å². The number of para-hydroxylation sites is 1. The number of H-pyrrole nitrogens is 1. The Morgan fingerprint density at radius 3 is 2.18 bits per heavy atom. The average molecular weight is 551 g/mol. The molecule has 1 heterocycles. The number of nitrogens with one attached hydrogen (secondary N) is 4. The second kappa shape index (κ2) is 15.0. The van der Waals surface area contributed by atoms with E-state index in [4.69, 9.17) is 16.6 Å². The first-order valence-corrected chi connectivity index (χ1v) is 13.3. The fourth-order valence-corrected chi connectivity index (χ4v) is 4.16. The first-order chi connectivity index (χ1) is 18.1. The second-order valence-corrected chi connectivity index (χ2v) is 9.65. The van der Waals surface area contributed by atoms with E-state index in [0.717, 1.165) is 10.9 Å². The minimum Gasteiger partial charge on any atom is -0.480 e. The van der Waals surface area contributed by atoms with Crippen LogP contribution in [0, 0.1) is 0 Å². The van der Waals surface area contributed by atoms with Gasteiger partial charge in [0.05, 0.1) is 6.61 Å². The number of aliphatic carboxylic acids is 1. The number of benzene rings is 1. The molecule has 10 N–H and O–H groups in total. The van der Waals surface area contributed by atoms with Crippen LogP contribution in [0.4, 0.5) is 0 Å². The van der Waals surface area contributed by atoms with E-state index in [1.54, 1.807) is 12.5 Å². The van der Waals surface area contributed by atoms with Gasteiger partial charge in [0, 0.05) is 29.9 Å². The molecule has 208 valence electrons. The number of fused-ring (bicyclic) bond motifs is 1. The molecular formula is C24H34N6O7S. The summed E-state index contributed by atoms with van der Waals surface area (Å²) in [4.78, 5) is 64.7. The van der Waals surface area contributed by atoms with E-state index >= 15 is 0 Å². The topological polar surface area (TPSA) is 230 Å². The predicted octanol–water partition coefficient (Wildman–Crippen LogP) is -1.41. The lowest BCUT2D eigenvalue weighted by molar-refractivity contribution is -0.142. The molecule has 0 aliphatic rings. The third-order valence-corrected chi connectivity index (χ3v) is 6.45. The molecule has 2 rings (SSSR count). The highest BCUT2D eigenvalue weighted by Crippen LogP contribution is 2.19. The molecule has 0 bridgehead atoms. The van der Waals surface area contributed by atoms with Crippen LogP contribution in [0.15, 0.2) is 30.5 Å². The number of thioether (sulfide) groups is 1. The Morgan fingerprint density at radius 1 is 0.974 bits per heavy atom. The minimum atomic E-state index is -1.33. The van der Waals surface area contributed by atoms with E-state index in [1.165, 1.54) is 11.8 Å². The fourth-order valence-electron chi connectivity index (χ4n) is 3.69. The summed E-state index contributed by atoms with van der Waals surface area (Å²) >= 11 is 1.42. The molecule has 0 saturated carbocycles. The number of carboxylic acid groups (broad SMARTS) is 1. The standard InChI is InChI=1S/C24H34N6O7S/c1-38-9-8-18(28-21(33)15(25)12-31)23(35)29-17(6-7-20(26)32)22(34)30-19(24(36)37)10-13-11-27-16-5-3-2-4-14(13)16/h2-5,11,15,17-19,27,31H,6-10,12,25H2,1H3,(H2,26,32)(H,28,33)(H,29,35)(H,30,34)(H,36,37). The van der Waals surface area contributed by atoms with Gasteiger partial charge in [-0.2, -0.15) is 11.8 Å². The van der Waals surface area contributed by atoms with Gasteiger partial charge >= 0.3 is 5.97 Å². The molecule has 38 heavy (non-hydrogen) atoms. The first-order valence-electron chi connectivity index (χ1n) is 11.9. The zero-order valence-electron chi connectivity index (χ0n) is 20.9. The maximum absolute atomic E-state index is 13.1. The van der Waals surface area contributed by atoms with Crippen molar-refractivity contribution in [3.8, 4) is 0 Å². The Labute approximate surface area is 223 Å². The van der Waals surface area contributed by atoms with E-state index < -0.39 is 60.4 Å². The molecule has 1 aromatic carbocycles. The van der Waals surface area contributed by atoms with E-state index in [2.05, 4.69) is 20.9 Å². The Balaban J connectivity index is 2.19. The van der Waals surface area contributed by atoms with Crippen molar-refractivity contribution >= 4 is 52.3 Å². The van der Waals surface area contributed by atoms with Crippen LogP contribution in [0.25, 0.3) is 10.9 Å². The summed E-state index contributed by atoms with van der Waals surface area (Å²) in [5.74, 6) is -3.83. The van der Waals surface area contributed by atoms with Crippen molar-refractivity contribution in [2.24, 2.45) is 11.5 Å². The number of aliphatic hydroxyl groups excluding tert-OH is 1. The number of nitrogens with two attached hydrogens (primary N) is 2. The van der Waals surface area contributed by atoms with Gasteiger partial charge in [0.1, 0.15) is 24.2 Å². The SMILES string of the molecule is CSCCC(NC(=O)C(N)CO)C(=O)NC(CCC(N)=O)C(=O)NC(Cc1c[nH]c2ccccc12)C(=O)O. The highest BCUT2D eigenvalue weighted by atomic mass is 32.2. The van der Waals surface area contributed by atoms with Crippen molar-refractivity contribution in [3.63, 3.8) is 0 Å². The van der Waals surface area contributed by atoms with Crippen LogP contribution in [-0.2, 0) is 30.4 Å². The van der Waals surface area contributed by atoms with E-state index in [0.29, 0.717) is 11.3 Å². The molecular weight excluding hydrogens is 516 g/mol. The lowest BCUT2D eigenvalue weighted by Gasteiger charge is -2.25. The van der Waals surface area contributed by atoms with Gasteiger partial charge in [-0.25, -0.2) is 4.79 Å². The lowest BCUT2D eigenvalue weighted by Crippen LogP contribution is -2.57. The molecule has 0 radical (unpaired) electrons. The van der Waals surface area contributed by atoms with Crippen LogP contribution < -0.4 is 27.4 Å². The summed E-state index contributed by atoms with van der Waals surface area (Å²) in [5, 5.41) is 27.1. The summed E-state index contributed by atoms with van der Waals surface area (Å²) in [5.41, 5.74) is 12.2. The number of carbonyl (C=O) groups excluding carboxylic acids is 4. The van der Waals surface area contributed by atoms with Gasteiger partial charge in [-0.15, -0.1) is 0 Å². The number of carboxylic acids is 1. The number of hydrogen-bond acceptors (Lipinski definition) is 8. The lowest BCUT2D eigenvalue weighted by atomic mass is 10.0. The van der Waals surface area contributed by atoms with Crippen molar-refractivity contribution in [3.05, 3.63) is 36.0 Å². The molecule has 0 aliphatic carbocycles. The Bertz CT molecular complexity index is 1140. The van der Waals surface area contributed by atoms with Gasteiger partial charge in [0.2, 0.25) is 23.6 Å². The van der Waals surface area contributed by atoms with E-state index in [1.807, 2.05) is 24.3 Å². The van der Waals surface area contributed by atoms with Crippen molar-refractivity contribution in [2.45, 2.75) is 49.9 Å². The number of aromatic nitrogens is 1. The highest BCUT2D eigenvalue weighted by molar-refractivity contribution is 7.98. The molecule has 0 fully saturated rings. The Kier molecular flexibility index (Phi) is 12.0. The van der Waals surface area contributed by atoms with E-state index in [-0.39, 0.29) is 25.7 Å². The monoisotopic (exact) mass is 550 g/mol. The predicted molar refractivity (Wildman–Crippen MR) is 142 cm³/mol. The van der Waals surface area contributed by atoms with Crippen LogP contribution in [0.1, 0.15) is 24.8 Å². The summed E-state index contributed by atoms with van der Waals surface area (Å²) in [6.45, 7) is -0.626. The summed E-state index contributed by atoms with van der Waals surface area (Å²) < 4.78 is 0. The molecule has 14 heteroatoms. The molecule has 0 spiro atoms. The molecule has 4 amide bonds. The van der Waals surface area contributed by atoms with Gasteiger partial charge in [-0.3, -0.25) is 19.2 Å². The maximum Gasteiger partial charge on any atom is 0.326 e.